The van der Waals surface area contributed by atoms with Crippen LogP contribution in [0.3, 0.4) is 0 Å². The van der Waals surface area contributed by atoms with Gasteiger partial charge in [0.05, 0.1) is 18.9 Å². The molecular formula is C19H24N4O3. The van der Waals surface area contributed by atoms with E-state index in [1.807, 2.05) is 50.2 Å². The molecule has 1 atom stereocenters. The van der Waals surface area contributed by atoms with Crippen LogP contribution in [-0.2, 0) is 4.79 Å². The molecule has 1 unspecified atom stereocenters. The largest absolute Gasteiger partial charge is 0.484 e. The smallest absolute Gasteiger partial charge is 0.260 e. The summed E-state index contributed by atoms with van der Waals surface area (Å²) in [5, 5.41) is 0. The molecule has 1 aliphatic heterocycles. The van der Waals surface area contributed by atoms with Gasteiger partial charge in [0.1, 0.15) is 11.9 Å². The van der Waals surface area contributed by atoms with Crippen molar-refractivity contribution in [3.63, 3.8) is 0 Å². The van der Waals surface area contributed by atoms with Gasteiger partial charge in [0.25, 0.3) is 5.91 Å². The lowest BCUT2D eigenvalue weighted by Crippen LogP contribution is -2.34. The molecule has 0 saturated carbocycles. The molecule has 0 spiro atoms. The van der Waals surface area contributed by atoms with Crippen LogP contribution in [0.2, 0.25) is 0 Å². The summed E-state index contributed by atoms with van der Waals surface area (Å²) in [6.45, 7) is 3.21. The fourth-order valence-corrected chi connectivity index (χ4v) is 2.77. The minimum Gasteiger partial charge on any atom is -0.484 e. The van der Waals surface area contributed by atoms with Gasteiger partial charge in [-0.1, -0.05) is 12.1 Å². The average Bonchev–Trinajstić information content (AvgIpc) is 3.08. The monoisotopic (exact) mass is 356 g/mol. The first-order chi connectivity index (χ1) is 12.5. The normalized spacial score (nSPS) is 16.4. The third kappa shape index (κ3) is 4.62. The molecule has 2 heterocycles. The number of amides is 1. The Morgan fingerprint density at radius 1 is 1.35 bits per heavy atom. The molecule has 1 aromatic heterocycles. The summed E-state index contributed by atoms with van der Waals surface area (Å²) in [4.78, 5) is 24.5. The number of anilines is 1. The second-order valence-electron chi connectivity index (χ2n) is 6.58. The summed E-state index contributed by atoms with van der Waals surface area (Å²) >= 11 is 0. The number of benzene rings is 1. The minimum absolute atomic E-state index is 0.0338. The van der Waals surface area contributed by atoms with Crippen LogP contribution in [0, 0.1) is 6.92 Å². The molecular weight excluding hydrogens is 332 g/mol. The number of aryl methyl sites for hydroxylation is 1. The minimum atomic E-state index is -0.0790. The lowest BCUT2D eigenvalue weighted by Gasteiger charge is -2.18. The molecule has 1 amide bonds. The van der Waals surface area contributed by atoms with Gasteiger partial charge in [-0.15, -0.1) is 0 Å². The third-order valence-corrected chi connectivity index (χ3v) is 4.19. The summed E-state index contributed by atoms with van der Waals surface area (Å²) in [7, 11) is 3.80. The molecule has 7 heteroatoms. The Hall–Kier alpha value is -2.83. The van der Waals surface area contributed by atoms with E-state index in [1.54, 1.807) is 17.3 Å². The highest BCUT2D eigenvalue weighted by molar-refractivity contribution is 5.78. The zero-order valence-corrected chi connectivity index (χ0v) is 15.4. The first-order valence-corrected chi connectivity index (χ1v) is 8.64. The van der Waals surface area contributed by atoms with Gasteiger partial charge < -0.3 is 19.3 Å². The first kappa shape index (κ1) is 18.0. The predicted molar refractivity (Wildman–Crippen MR) is 98.6 cm³/mol. The third-order valence-electron chi connectivity index (χ3n) is 4.19. The number of ether oxygens (including phenoxy) is 2. The first-order valence-electron chi connectivity index (χ1n) is 8.64. The Morgan fingerprint density at radius 2 is 2.19 bits per heavy atom. The summed E-state index contributed by atoms with van der Waals surface area (Å²) in [5.74, 6) is 1.89. The Kier molecular flexibility index (Phi) is 5.55. The molecule has 1 saturated heterocycles. The predicted octanol–water partition coefficient (Wildman–Crippen LogP) is 1.91. The number of aromatic nitrogens is 2. The van der Waals surface area contributed by atoms with Crippen LogP contribution in [0.1, 0.15) is 12.0 Å². The quantitative estimate of drug-likeness (QED) is 0.788. The lowest BCUT2D eigenvalue weighted by molar-refractivity contribution is -0.132. The molecule has 0 bridgehead atoms. The van der Waals surface area contributed by atoms with Gasteiger partial charge >= 0.3 is 0 Å². The van der Waals surface area contributed by atoms with E-state index >= 15 is 0 Å². The van der Waals surface area contributed by atoms with Gasteiger partial charge in [-0.2, -0.15) is 4.98 Å². The average molecular weight is 356 g/mol. The number of hydrogen-bond donors (Lipinski definition) is 0. The van der Waals surface area contributed by atoms with Gasteiger partial charge in [0, 0.05) is 27.1 Å². The molecule has 1 fully saturated rings. The van der Waals surface area contributed by atoms with Gasteiger partial charge in [0.2, 0.25) is 5.88 Å². The highest BCUT2D eigenvalue weighted by Crippen LogP contribution is 2.19. The zero-order valence-electron chi connectivity index (χ0n) is 15.4. The van der Waals surface area contributed by atoms with Gasteiger partial charge in [0.15, 0.2) is 12.4 Å². The van der Waals surface area contributed by atoms with Crippen molar-refractivity contribution in [1.82, 2.24) is 14.9 Å². The Bertz CT molecular complexity index is 766. The molecule has 26 heavy (non-hydrogen) atoms. The van der Waals surface area contributed by atoms with Crippen LogP contribution < -0.4 is 14.4 Å². The molecule has 1 aromatic carbocycles. The topological polar surface area (TPSA) is 67.8 Å². The van der Waals surface area contributed by atoms with E-state index in [0.717, 1.165) is 17.8 Å². The Labute approximate surface area is 153 Å². The zero-order chi connectivity index (χ0) is 18.5. The molecule has 2 aromatic rings. The molecule has 138 valence electrons. The van der Waals surface area contributed by atoms with Gasteiger partial charge in [-0.05, 0) is 24.6 Å². The second-order valence-corrected chi connectivity index (χ2v) is 6.58. The van der Waals surface area contributed by atoms with Crippen LogP contribution in [-0.4, -0.2) is 60.7 Å². The van der Waals surface area contributed by atoms with Crippen molar-refractivity contribution in [3.8, 4) is 11.6 Å². The van der Waals surface area contributed by atoms with E-state index in [0.29, 0.717) is 24.7 Å². The number of carbonyl (C=O) groups excluding carboxylic acids is 1. The van der Waals surface area contributed by atoms with Crippen molar-refractivity contribution in [2.75, 3.05) is 38.7 Å². The van der Waals surface area contributed by atoms with Crippen molar-refractivity contribution in [2.45, 2.75) is 19.4 Å². The SMILES string of the molecule is Cc1cccc(OCC(=O)N2CCC(Oc3cncc(N(C)C)n3)C2)c1. The molecule has 1 aliphatic rings. The van der Waals surface area contributed by atoms with Crippen LogP contribution in [0.4, 0.5) is 5.82 Å². The molecule has 7 nitrogen and oxygen atoms in total. The van der Waals surface area contributed by atoms with Crippen molar-refractivity contribution in [3.05, 3.63) is 42.2 Å². The molecule has 0 aliphatic carbocycles. The maximum atomic E-state index is 12.4. The van der Waals surface area contributed by atoms with Crippen LogP contribution in [0.15, 0.2) is 36.7 Å². The van der Waals surface area contributed by atoms with Crippen LogP contribution in [0.5, 0.6) is 11.6 Å². The number of carbonyl (C=O) groups is 1. The highest BCUT2D eigenvalue weighted by atomic mass is 16.5. The van der Waals surface area contributed by atoms with E-state index < -0.39 is 0 Å². The second kappa shape index (κ2) is 8.03. The number of likely N-dealkylation sites (tertiary alicyclic amines) is 1. The van der Waals surface area contributed by atoms with Crippen molar-refractivity contribution >= 4 is 11.7 Å². The van der Waals surface area contributed by atoms with Crippen molar-refractivity contribution in [1.29, 1.82) is 0 Å². The summed E-state index contributed by atoms with van der Waals surface area (Å²) in [5.41, 5.74) is 1.10. The molecule has 0 radical (unpaired) electrons. The van der Waals surface area contributed by atoms with E-state index in [-0.39, 0.29) is 18.6 Å². The van der Waals surface area contributed by atoms with E-state index in [4.69, 9.17) is 9.47 Å². The molecule has 0 N–H and O–H groups in total. The van der Waals surface area contributed by atoms with E-state index in [2.05, 4.69) is 9.97 Å². The number of hydrogen-bond acceptors (Lipinski definition) is 6. The standard InChI is InChI=1S/C19H24N4O3/c1-14-5-4-6-15(9-14)25-13-19(24)23-8-7-16(12-23)26-18-11-20-10-17(21-18)22(2)3/h4-6,9-11,16H,7-8,12-13H2,1-3H3. The fourth-order valence-electron chi connectivity index (χ4n) is 2.77. The summed E-state index contributed by atoms with van der Waals surface area (Å²) < 4.78 is 11.5. The lowest BCUT2D eigenvalue weighted by atomic mass is 10.2. The fraction of sp³-hybridized carbons (Fsp3) is 0.421. The Balaban J connectivity index is 1.50. The highest BCUT2D eigenvalue weighted by Gasteiger charge is 2.28. The number of nitrogens with zero attached hydrogens (tertiary/aromatic N) is 4. The van der Waals surface area contributed by atoms with Crippen molar-refractivity contribution < 1.29 is 14.3 Å². The maximum Gasteiger partial charge on any atom is 0.260 e. The van der Waals surface area contributed by atoms with E-state index in [9.17, 15) is 4.79 Å². The molecule has 3 rings (SSSR count). The summed E-state index contributed by atoms with van der Waals surface area (Å²) in [6.07, 6.45) is 3.96. The van der Waals surface area contributed by atoms with E-state index in [1.165, 1.54) is 0 Å². The van der Waals surface area contributed by atoms with Crippen molar-refractivity contribution in [2.24, 2.45) is 0 Å². The Morgan fingerprint density at radius 3 is 2.96 bits per heavy atom. The number of rotatable bonds is 6. The van der Waals surface area contributed by atoms with Gasteiger partial charge in [-0.25, -0.2) is 0 Å². The van der Waals surface area contributed by atoms with Crippen LogP contribution in [0.25, 0.3) is 0 Å². The van der Waals surface area contributed by atoms with Gasteiger partial charge in [-0.3, -0.25) is 9.78 Å². The maximum absolute atomic E-state index is 12.4. The summed E-state index contributed by atoms with van der Waals surface area (Å²) in [6, 6.07) is 7.68. The van der Waals surface area contributed by atoms with Crippen LogP contribution >= 0.6 is 0 Å².